The Balaban J connectivity index is 2.27. The monoisotopic (exact) mass is 222 g/mol. The molecule has 2 N–H and O–H groups in total. The molecule has 16 heavy (non-hydrogen) atoms. The maximum Gasteiger partial charge on any atom is 0.125 e. The topological polar surface area (TPSA) is 29.3 Å². The lowest BCUT2D eigenvalue weighted by Gasteiger charge is -2.37. The van der Waals surface area contributed by atoms with E-state index in [0.29, 0.717) is 11.7 Å². The molecule has 2 nitrogen and oxygen atoms in total. The van der Waals surface area contributed by atoms with E-state index in [-0.39, 0.29) is 5.82 Å². The third-order valence-corrected chi connectivity index (χ3v) is 3.40. The predicted octanol–water partition coefficient (Wildman–Crippen LogP) is 3.18. The number of anilines is 2. The van der Waals surface area contributed by atoms with Gasteiger partial charge in [0.15, 0.2) is 0 Å². The Bertz CT molecular complexity index is 365. The van der Waals surface area contributed by atoms with Crippen LogP contribution in [0.3, 0.4) is 0 Å². The van der Waals surface area contributed by atoms with E-state index in [0.717, 1.165) is 18.7 Å². The third kappa shape index (κ3) is 2.13. The molecule has 1 atom stereocenters. The summed E-state index contributed by atoms with van der Waals surface area (Å²) in [6.45, 7) is 3.23. The van der Waals surface area contributed by atoms with Gasteiger partial charge in [-0.05, 0) is 43.9 Å². The van der Waals surface area contributed by atoms with Gasteiger partial charge in [0, 0.05) is 12.6 Å². The zero-order valence-corrected chi connectivity index (χ0v) is 9.75. The molecule has 2 rings (SSSR count). The van der Waals surface area contributed by atoms with Crippen LogP contribution in [-0.4, -0.2) is 12.6 Å². The number of benzene rings is 1. The quantitative estimate of drug-likeness (QED) is 0.779. The Labute approximate surface area is 96.2 Å². The SMILES string of the molecule is CCC1CCCCN1c1ccc(F)cc1N. The smallest absolute Gasteiger partial charge is 0.125 e. The van der Waals surface area contributed by atoms with E-state index in [1.54, 1.807) is 6.07 Å². The van der Waals surface area contributed by atoms with E-state index in [1.807, 2.05) is 0 Å². The zero-order chi connectivity index (χ0) is 11.5. The van der Waals surface area contributed by atoms with Gasteiger partial charge in [-0.3, -0.25) is 0 Å². The molecule has 0 aliphatic carbocycles. The van der Waals surface area contributed by atoms with Gasteiger partial charge in [-0.15, -0.1) is 0 Å². The predicted molar refractivity (Wildman–Crippen MR) is 66.1 cm³/mol. The summed E-state index contributed by atoms with van der Waals surface area (Å²) in [5.41, 5.74) is 7.44. The van der Waals surface area contributed by atoms with Gasteiger partial charge in [-0.1, -0.05) is 6.92 Å². The minimum Gasteiger partial charge on any atom is -0.397 e. The van der Waals surface area contributed by atoms with Gasteiger partial charge in [-0.2, -0.15) is 0 Å². The molecule has 1 aromatic carbocycles. The van der Waals surface area contributed by atoms with E-state index in [9.17, 15) is 4.39 Å². The molecule has 0 radical (unpaired) electrons. The molecule has 0 aromatic heterocycles. The highest BCUT2D eigenvalue weighted by Crippen LogP contribution is 2.31. The highest BCUT2D eigenvalue weighted by molar-refractivity contribution is 5.68. The first-order valence-electron chi connectivity index (χ1n) is 6.04. The van der Waals surface area contributed by atoms with E-state index in [1.165, 1.54) is 31.4 Å². The van der Waals surface area contributed by atoms with Crippen LogP contribution in [0.25, 0.3) is 0 Å². The van der Waals surface area contributed by atoms with Crippen LogP contribution in [0.1, 0.15) is 32.6 Å². The van der Waals surface area contributed by atoms with Crippen LogP contribution < -0.4 is 10.6 Å². The van der Waals surface area contributed by atoms with Crippen molar-refractivity contribution in [3.8, 4) is 0 Å². The van der Waals surface area contributed by atoms with E-state index in [4.69, 9.17) is 5.73 Å². The van der Waals surface area contributed by atoms with Crippen molar-refractivity contribution in [3.05, 3.63) is 24.0 Å². The minimum absolute atomic E-state index is 0.258. The van der Waals surface area contributed by atoms with Crippen LogP contribution in [0.15, 0.2) is 18.2 Å². The van der Waals surface area contributed by atoms with Gasteiger partial charge in [0.05, 0.1) is 11.4 Å². The summed E-state index contributed by atoms with van der Waals surface area (Å²) in [7, 11) is 0. The lowest BCUT2D eigenvalue weighted by molar-refractivity contribution is 0.450. The Hall–Kier alpha value is -1.25. The van der Waals surface area contributed by atoms with Crippen molar-refractivity contribution in [2.75, 3.05) is 17.2 Å². The average molecular weight is 222 g/mol. The summed E-state index contributed by atoms with van der Waals surface area (Å²) >= 11 is 0. The number of hydrogen-bond acceptors (Lipinski definition) is 2. The molecular formula is C13H19FN2. The highest BCUT2D eigenvalue weighted by Gasteiger charge is 2.22. The molecule has 88 valence electrons. The summed E-state index contributed by atoms with van der Waals surface area (Å²) in [6.07, 6.45) is 4.83. The van der Waals surface area contributed by atoms with Crippen molar-refractivity contribution in [3.63, 3.8) is 0 Å². The van der Waals surface area contributed by atoms with Gasteiger partial charge in [0.1, 0.15) is 5.82 Å². The van der Waals surface area contributed by atoms with Crippen LogP contribution in [0.2, 0.25) is 0 Å². The number of nitrogens with zero attached hydrogens (tertiary/aromatic N) is 1. The number of nitrogens with two attached hydrogens (primary N) is 1. The molecule has 1 heterocycles. The molecule has 1 aromatic rings. The van der Waals surface area contributed by atoms with E-state index in [2.05, 4.69) is 11.8 Å². The van der Waals surface area contributed by atoms with Crippen molar-refractivity contribution in [1.29, 1.82) is 0 Å². The summed E-state index contributed by atoms with van der Waals surface area (Å²) < 4.78 is 13.0. The highest BCUT2D eigenvalue weighted by atomic mass is 19.1. The van der Waals surface area contributed by atoms with Crippen LogP contribution in [0.4, 0.5) is 15.8 Å². The molecule has 1 saturated heterocycles. The normalized spacial score (nSPS) is 21.1. The standard InChI is InChI=1S/C13H19FN2/c1-2-11-5-3-4-8-16(11)13-7-6-10(14)9-12(13)15/h6-7,9,11H,2-5,8,15H2,1H3. The minimum atomic E-state index is -0.258. The first-order valence-corrected chi connectivity index (χ1v) is 6.04. The largest absolute Gasteiger partial charge is 0.397 e. The van der Waals surface area contributed by atoms with Crippen LogP contribution in [-0.2, 0) is 0 Å². The van der Waals surface area contributed by atoms with Crippen LogP contribution >= 0.6 is 0 Å². The molecule has 1 aliphatic heterocycles. The molecule has 0 saturated carbocycles. The fourth-order valence-corrected chi connectivity index (χ4v) is 2.53. The fourth-order valence-electron chi connectivity index (χ4n) is 2.53. The molecule has 0 amide bonds. The van der Waals surface area contributed by atoms with E-state index < -0.39 is 0 Å². The number of hydrogen-bond donors (Lipinski definition) is 1. The van der Waals surface area contributed by atoms with Crippen molar-refractivity contribution < 1.29 is 4.39 Å². The second-order valence-electron chi connectivity index (χ2n) is 4.45. The summed E-state index contributed by atoms with van der Waals surface area (Å²) in [6, 6.07) is 5.27. The molecular weight excluding hydrogens is 203 g/mol. The summed E-state index contributed by atoms with van der Waals surface area (Å²) in [5, 5.41) is 0. The van der Waals surface area contributed by atoms with Gasteiger partial charge < -0.3 is 10.6 Å². The molecule has 3 heteroatoms. The average Bonchev–Trinajstić information content (AvgIpc) is 2.29. The number of halogens is 1. The van der Waals surface area contributed by atoms with Crippen LogP contribution in [0.5, 0.6) is 0 Å². The van der Waals surface area contributed by atoms with Gasteiger partial charge in [-0.25, -0.2) is 4.39 Å². The van der Waals surface area contributed by atoms with Gasteiger partial charge in [0.25, 0.3) is 0 Å². The Kier molecular flexibility index (Phi) is 3.32. The Morgan fingerprint density at radius 3 is 2.94 bits per heavy atom. The van der Waals surface area contributed by atoms with Gasteiger partial charge in [0.2, 0.25) is 0 Å². The maximum atomic E-state index is 13.0. The van der Waals surface area contributed by atoms with Crippen molar-refractivity contribution in [1.82, 2.24) is 0 Å². The summed E-state index contributed by atoms with van der Waals surface area (Å²) in [4.78, 5) is 2.33. The lowest BCUT2D eigenvalue weighted by atomic mass is 9.99. The number of rotatable bonds is 2. The molecule has 0 spiro atoms. The van der Waals surface area contributed by atoms with Gasteiger partial charge >= 0.3 is 0 Å². The fraction of sp³-hybridized carbons (Fsp3) is 0.538. The third-order valence-electron chi connectivity index (χ3n) is 3.40. The Morgan fingerprint density at radius 1 is 1.44 bits per heavy atom. The maximum absolute atomic E-state index is 13.0. The van der Waals surface area contributed by atoms with Crippen molar-refractivity contribution >= 4 is 11.4 Å². The summed E-state index contributed by atoms with van der Waals surface area (Å²) in [5.74, 6) is -0.258. The molecule has 1 unspecified atom stereocenters. The van der Waals surface area contributed by atoms with Crippen molar-refractivity contribution in [2.24, 2.45) is 0 Å². The second kappa shape index (κ2) is 4.73. The number of piperidine rings is 1. The zero-order valence-electron chi connectivity index (χ0n) is 9.75. The van der Waals surface area contributed by atoms with Crippen LogP contribution in [0, 0.1) is 5.82 Å². The van der Waals surface area contributed by atoms with Crippen molar-refractivity contribution in [2.45, 2.75) is 38.6 Å². The Morgan fingerprint density at radius 2 is 2.25 bits per heavy atom. The first-order chi connectivity index (χ1) is 7.72. The molecule has 1 aliphatic rings. The second-order valence-corrected chi connectivity index (χ2v) is 4.45. The first kappa shape index (κ1) is 11.2. The lowest BCUT2D eigenvalue weighted by Crippen LogP contribution is -2.39. The van der Waals surface area contributed by atoms with E-state index >= 15 is 0 Å². The molecule has 1 fully saturated rings. The number of nitrogen functional groups attached to an aromatic ring is 1. The molecule has 0 bridgehead atoms.